The molecule has 0 radical (unpaired) electrons. The molecule has 3 nitrogen and oxygen atoms in total. The molecule has 22 heavy (non-hydrogen) atoms. The molecule has 0 N–H and O–H groups in total. The first kappa shape index (κ1) is 13.3. The second-order valence-corrected chi connectivity index (χ2v) is 6.67. The molecule has 3 heterocycles. The van der Waals surface area contributed by atoms with Gasteiger partial charge in [0.25, 0.3) is 0 Å². The molecule has 0 atom stereocenters. The molecule has 110 valence electrons. The van der Waals surface area contributed by atoms with Crippen LogP contribution in [-0.2, 0) is 6.42 Å². The molecule has 2 aromatic heterocycles. The zero-order valence-corrected chi connectivity index (χ0v) is 13.2. The molecule has 0 unspecified atom stereocenters. The Balaban J connectivity index is 1.96. The van der Waals surface area contributed by atoms with Gasteiger partial charge in [-0.05, 0) is 56.5 Å². The lowest BCUT2D eigenvalue weighted by Crippen LogP contribution is -2.30. The number of aliphatic imine (C=N–C) groups is 1. The van der Waals surface area contributed by atoms with Gasteiger partial charge >= 0.3 is 0 Å². The number of hydrogen-bond donors (Lipinski definition) is 0. The molecule has 0 fully saturated rings. The normalized spacial score (nSPS) is 16.4. The van der Waals surface area contributed by atoms with Gasteiger partial charge in [0, 0.05) is 17.3 Å². The minimum Gasteiger partial charge on any atom is -0.278 e. The topological polar surface area (TPSA) is 29.7 Å². The lowest BCUT2D eigenvalue weighted by molar-refractivity contribution is 0.512. The second kappa shape index (κ2) is 4.54. The molecule has 0 saturated carbocycles. The molecule has 0 aliphatic carbocycles. The van der Waals surface area contributed by atoms with E-state index in [1.165, 1.54) is 16.7 Å². The van der Waals surface area contributed by atoms with Crippen molar-refractivity contribution in [2.75, 3.05) is 0 Å². The van der Waals surface area contributed by atoms with Crippen LogP contribution in [0.25, 0.3) is 5.52 Å². The Hall–Kier alpha value is -2.42. The van der Waals surface area contributed by atoms with Crippen molar-refractivity contribution in [3.63, 3.8) is 0 Å². The number of fused-ring (bicyclic) bond motifs is 2. The third-order valence-corrected chi connectivity index (χ3v) is 4.35. The van der Waals surface area contributed by atoms with Crippen molar-refractivity contribution in [2.45, 2.75) is 32.7 Å². The summed E-state index contributed by atoms with van der Waals surface area (Å²) in [6.45, 7) is 6.59. The predicted octanol–water partition coefficient (Wildman–Crippen LogP) is 3.81. The Morgan fingerprint density at radius 1 is 1.14 bits per heavy atom. The number of hydrogen-bond acceptors (Lipinski definition) is 2. The number of rotatable bonds is 1. The van der Waals surface area contributed by atoms with Gasteiger partial charge in [-0.25, -0.2) is 4.52 Å². The average molecular weight is 289 g/mol. The Bertz CT molecular complexity index is 900. The Morgan fingerprint density at radius 2 is 2.00 bits per heavy atom. The van der Waals surface area contributed by atoms with Crippen LogP contribution >= 0.6 is 0 Å². The number of aromatic nitrogens is 2. The summed E-state index contributed by atoms with van der Waals surface area (Å²) in [5, 5.41) is 4.50. The third-order valence-electron chi connectivity index (χ3n) is 4.35. The van der Waals surface area contributed by atoms with Crippen molar-refractivity contribution < 1.29 is 0 Å². The fourth-order valence-corrected chi connectivity index (χ4v) is 3.27. The smallest absolute Gasteiger partial charge is 0.0745 e. The fraction of sp³-hybridized carbons (Fsp3) is 0.263. The maximum Gasteiger partial charge on any atom is 0.0745 e. The molecular formula is C19H19N3. The Kier molecular flexibility index (Phi) is 2.73. The van der Waals surface area contributed by atoms with E-state index in [4.69, 9.17) is 4.99 Å². The van der Waals surface area contributed by atoms with E-state index in [-0.39, 0.29) is 5.54 Å². The SMILES string of the molecule is Cc1cccc2c1CC(C)(C)N=C2c1cnn2cccc2c1. The van der Waals surface area contributed by atoms with Crippen LogP contribution in [0.15, 0.2) is 53.8 Å². The minimum atomic E-state index is -0.0808. The average Bonchev–Trinajstić information content (AvgIpc) is 2.94. The first-order valence-electron chi connectivity index (χ1n) is 7.66. The van der Waals surface area contributed by atoms with E-state index in [0.717, 1.165) is 23.2 Å². The van der Waals surface area contributed by atoms with Crippen molar-refractivity contribution in [2.24, 2.45) is 4.99 Å². The summed E-state index contributed by atoms with van der Waals surface area (Å²) in [5.41, 5.74) is 7.16. The molecule has 3 aromatic rings. The van der Waals surface area contributed by atoms with E-state index in [1.807, 2.05) is 23.0 Å². The van der Waals surface area contributed by atoms with Gasteiger partial charge in [0.2, 0.25) is 0 Å². The molecule has 1 aromatic carbocycles. The third kappa shape index (κ3) is 2.05. The van der Waals surface area contributed by atoms with Crippen LogP contribution in [0.3, 0.4) is 0 Å². The highest BCUT2D eigenvalue weighted by Gasteiger charge is 2.28. The summed E-state index contributed by atoms with van der Waals surface area (Å²) in [6.07, 6.45) is 4.86. The first-order valence-corrected chi connectivity index (χ1v) is 7.66. The zero-order chi connectivity index (χ0) is 15.3. The van der Waals surface area contributed by atoms with E-state index in [0.29, 0.717) is 0 Å². The number of aryl methyl sites for hydroxylation is 1. The number of benzene rings is 1. The maximum absolute atomic E-state index is 5.03. The predicted molar refractivity (Wildman–Crippen MR) is 89.8 cm³/mol. The molecule has 4 rings (SSSR count). The van der Waals surface area contributed by atoms with Gasteiger partial charge in [-0.1, -0.05) is 18.2 Å². The van der Waals surface area contributed by atoms with E-state index in [2.05, 4.69) is 56.2 Å². The van der Waals surface area contributed by atoms with Gasteiger partial charge in [-0.2, -0.15) is 5.10 Å². The van der Waals surface area contributed by atoms with Crippen molar-refractivity contribution in [1.82, 2.24) is 9.61 Å². The molecule has 0 bridgehead atoms. The minimum absolute atomic E-state index is 0.0808. The molecule has 0 amide bonds. The molecule has 0 spiro atoms. The van der Waals surface area contributed by atoms with Crippen LogP contribution in [0.1, 0.15) is 36.1 Å². The van der Waals surface area contributed by atoms with Crippen LogP contribution in [0.5, 0.6) is 0 Å². The van der Waals surface area contributed by atoms with Crippen molar-refractivity contribution in [3.8, 4) is 0 Å². The molecule has 1 aliphatic heterocycles. The van der Waals surface area contributed by atoms with Crippen LogP contribution < -0.4 is 0 Å². The van der Waals surface area contributed by atoms with E-state index >= 15 is 0 Å². The van der Waals surface area contributed by atoms with E-state index in [1.54, 1.807) is 0 Å². The van der Waals surface area contributed by atoms with Crippen molar-refractivity contribution in [1.29, 1.82) is 0 Å². The van der Waals surface area contributed by atoms with Crippen molar-refractivity contribution in [3.05, 3.63) is 71.0 Å². The van der Waals surface area contributed by atoms with Gasteiger partial charge in [0.15, 0.2) is 0 Å². The Morgan fingerprint density at radius 3 is 2.86 bits per heavy atom. The van der Waals surface area contributed by atoms with Crippen LogP contribution in [-0.4, -0.2) is 20.9 Å². The van der Waals surface area contributed by atoms with Gasteiger partial charge < -0.3 is 0 Å². The van der Waals surface area contributed by atoms with Crippen LogP contribution in [0, 0.1) is 6.92 Å². The summed E-state index contributed by atoms with van der Waals surface area (Å²) in [4.78, 5) is 5.03. The highest BCUT2D eigenvalue weighted by Crippen LogP contribution is 2.31. The van der Waals surface area contributed by atoms with Gasteiger partial charge in [0.05, 0.1) is 23.0 Å². The quantitative estimate of drug-likeness (QED) is 0.670. The zero-order valence-electron chi connectivity index (χ0n) is 13.2. The van der Waals surface area contributed by atoms with Crippen LogP contribution in [0.2, 0.25) is 0 Å². The Labute approximate surface area is 130 Å². The highest BCUT2D eigenvalue weighted by atomic mass is 15.2. The highest BCUT2D eigenvalue weighted by molar-refractivity contribution is 6.15. The molecule has 3 heteroatoms. The lowest BCUT2D eigenvalue weighted by Gasteiger charge is -2.30. The number of nitrogens with zero attached hydrogens (tertiary/aromatic N) is 3. The van der Waals surface area contributed by atoms with Gasteiger partial charge in [-0.3, -0.25) is 4.99 Å². The lowest BCUT2D eigenvalue weighted by atomic mass is 9.83. The summed E-state index contributed by atoms with van der Waals surface area (Å²) in [7, 11) is 0. The molecular weight excluding hydrogens is 270 g/mol. The monoisotopic (exact) mass is 289 g/mol. The van der Waals surface area contributed by atoms with Gasteiger partial charge in [0.1, 0.15) is 0 Å². The largest absolute Gasteiger partial charge is 0.278 e. The standard InChI is InChI=1S/C19H19N3/c1-13-6-4-8-16-17(13)11-19(2,3)21-18(16)14-10-15-7-5-9-22(15)20-12-14/h4-10,12H,11H2,1-3H3. The second-order valence-electron chi connectivity index (χ2n) is 6.67. The summed E-state index contributed by atoms with van der Waals surface area (Å²) in [6, 6.07) is 12.7. The van der Waals surface area contributed by atoms with E-state index < -0.39 is 0 Å². The summed E-state index contributed by atoms with van der Waals surface area (Å²) in [5.74, 6) is 0. The summed E-state index contributed by atoms with van der Waals surface area (Å²) >= 11 is 0. The van der Waals surface area contributed by atoms with Gasteiger partial charge in [-0.15, -0.1) is 0 Å². The fourth-order valence-electron chi connectivity index (χ4n) is 3.27. The first-order chi connectivity index (χ1) is 10.5. The van der Waals surface area contributed by atoms with E-state index in [9.17, 15) is 0 Å². The van der Waals surface area contributed by atoms with Crippen LogP contribution in [0.4, 0.5) is 0 Å². The van der Waals surface area contributed by atoms with Crippen molar-refractivity contribution >= 4 is 11.2 Å². The molecule has 0 saturated heterocycles. The molecule has 1 aliphatic rings. The summed E-state index contributed by atoms with van der Waals surface area (Å²) < 4.78 is 1.88. The maximum atomic E-state index is 5.03.